The van der Waals surface area contributed by atoms with Gasteiger partial charge < -0.3 is 14.8 Å². The lowest BCUT2D eigenvalue weighted by Crippen LogP contribution is -2.71. The average molecular weight is 402 g/mol. The molecule has 0 aromatic carbocycles. The van der Waals surface area contributed by atoms with Crippen LogP contribution < -0.4 is 5.32 Å². The van der Waals surface area contributed by atoms with E-state index < -0.39 is 23.8 Å². The van der Waals surface area contributed by atoms with Gasteiger partial charge in [0.1, 0.15) is 6.10 Å². The Kier molecular flexibility index (Phi) is 4.70. The van der Waals surface area contributed by atoms with Crippen LogP contribution in [-0.4, -0.2) is 34.7 Å². The molecule has 1 amide bonds. The van der Waals surface area contributed by atoms with Crippen LogP contribution in [0.3, 0.4) is 0 Å². The Morgan fingerprint density at radius 3 is 2.76 bits per heavy atom. The highest BCUT2D eigenvalue weighted by Crippen LogP contribution is 2.60. The predicted octanol–water partition coefficient (Wildman–Crippen LogP) is 2.95. The van der Waals surface area contributed by atoms with Crippen LogP contribution in [0.15, 0.2) is 24.5 Å². The number of hydrogen-bond acceptors (Lipinski definition) is 6. The molecule has 7 heteroatoms. The SMILES string of the molecule is C[C@H]1[C@H](C(=O)NCc2ccncc2)O[C@@H]2O[C@@]3(C)CC[C@H]4[C@H](C)CC[C@@H]1[C@@]24OO3. The molecule has 6 rings (SSSR count). The van der Waals surface area contributed by atoms with E-state index in [0.29, 0.717) is 18.4 Å². The summed E-state index contributed by atoms with van der Waals surface area (Å²) >= 11 is 0. The fourth-order valence-corrected chi connectivity index (χ4v) is 6.00. The Hall–Kier alpha value is -1.54. The smallest absolute Gasteiger partial charge is 0.249 e. The number of carbonyl (C=O) groups is 1. The molecule has 0 unspecified atom stereocenters. The maximum absolute atomic E-state index is 13.1. The van der Waals surface area contributed by atoms with Crippen LogP contribution in [0, 0.1) is 23.7 Å². The highest BCUT2D eigenvalue weighted by molar-refractivity contribution is 5.81. The molecule has 5 aliphatic rings. The van der Waals surface area contributed by atoms with Gasteiger partial charge in [0.2, 0.25) is 11.7 Å². The van der Waals surface area contributed by atoms with Gasteiger partial charge in [0.25, 0.3) is 0 Å². The molecule has 1 aromatic heterocycles. The first kappa shape index (κ1) is 19.4. The number of fused-ring (bicyclic) bond motifs is 2. The molecule has 29 heavy (non-hydrogen) atoms. The number of hydrogen-bond donors (Lipinski definition) is 1. The van der Waals surface area contributed by atoms with E-state index in [1.807, 2.05) is 19.1 Å². The summed E-state index contributed by atoms with van der Waals surface area (Å²) in [6, 6.07) is 3.79. The molecule has 4 aliphatic heterocycles. The lowest BCUT2D eigenvalue weighted by molar-refractivity contribution is -0.569. The molecule has 1 saturated carbocycles. The number of ether oxygens (including phenoxy) is 2. The van der Waals surface area contributed by atoms with Crippen LogP contribution >= 0.6 is 0 Å². The summed E-state index contributed by atoms with van der Waals surface area (Å²) in [6.45, 7) is 6.74. The van der Waals surface area contributed by atoms with Crippen molar-refractivity contribution in [3.63, 3.8) is 0 Å². The second-order valence-corrected chi connectivity index (χ2v) is 9.40. The minimum atomic E-state index is -0.823. The predicted molar refractivity (Wildman–Crippen MR) is 103 cm³/mol. The highest BCUT2D eigenvalue weighted by Gasteiger charge is 2.69. The van der Waals surface area contributed by atoms with Gasteiger partial charge in [-0.2, -0.15) is 0 Å². The second-order valence-electron chi connectivity index (χ2n) is 9.40. The quantitative estimate of drug-likeness (QED) is 0.783. The van der Waals surface area contributed by atoms with Crippen molar-refractivity contribution in [3.05, 3.63) is 30.1 Å². The van der Waals surface area contributed by atoms with Gasteiger partial charge in [-0.25, -0.2) is 9.78 Å². The summed E-state index contributed by atoms with van der Waals surface area (Å²) in [6.07, 6.45) is 6.15. The van der Waals surface area contributed by atoms with Gasteiger partial charge in [0, 0.05) is 31.3 Å². The van der Waals surface area contributed by atoms with Crippen LogP contribution in [0.5, 0.6) is 0 Å². The van der Waals surface area contributed by atoms with Gasteiger partial charge in [0.05, 0.1) is 0 Å². The molecule has 4 saturated heterocycles. The second kappa shape index (κ2) is 7.01. The molecule has 158 valence electrons. The third-order valence-corrected chi connectivity index (χ3v) is 7.63. The molecular formula is C22H30N2O5. The Morgan fingerprint density at radius 2 is 1.97 bits per heavy atom. The number of nitrogens with one attached hydrogen (secondary N) is 1. The topological polar surface area (TPSA) is 78.9 Å². The maximum atomic E-state index is 13.1. The van der Waals surface area contributed by atoms with Crippen molar-refractivity contribution < 1.29 is 24.0 Å². The number of aromatic nitrogens is 1. The molecule has 1 aliphatic carbocycles. The normalized spacial score (nSPS) is 45.9. The van der Waals surface area contributed by atoms with E-state index in [4.69, 9.17) is 19.2 Å². The molecular weight excluding hydrogens is 372 g/mol. The van der Waals surface area contributed by atoms with Gasteiger partial charge in [0.15, 0.2) is 11.9 Å². The summed E-state index contributed by atoms with van der Waals surface area (Å²) in [5, 5.41) is 3.02. The first-order valence-electron chi connectivity index (χ1n) is 10.8. The Balaban J connectivity index is 1.40. The van der Waals surface area contributed by atoms with Crippen molar-refractivity contribution in [2.75, 3.05) is 0 Å². The number of carbonyl (C=O) groups excluding carboxylic acids is 1. The van der Waals surface area contributed by atoms with Crippen LogP contribution in [0.4, 0.5) is 0 Å². The van der Waals surface area contributed by atoms with E-state index in [-0.39, 0.29) is 17.7 Å². The summed E-state index contributed by atoms with van der Waals surface area (Å²) in [5.41, 5.74) is 0.378. The van der Waals surface area contributed by atoms with Crippen molar-refractivity contribution in [3.8, 4) is 0 Å². The molecule has 1 aromatic rings. The van der Waals surface area contributed by atoms with Gasteiger partial charge in [-0.1, -0.05) is 13.8 Å². The van der Waals surface area contributed by atoms with Crippen molar-refractivity contribution in [1.29, 1.82) is 0 Å². The molecule has 5 heterocycles. The number of rotatable bonds is 3. The summed E-state index contributed by atoms with van der Waals surface area (Å²) in [4.78, 5) is 29.0. The number of pyridine rings is 1. The van der Waals surface area contributed by atoms with Gasteiger partial charge >= 0.3 is 0 Å². The Labute approximate surface area is 171 Å². The summed E-state index contributed by atoms with van der Waals surface area (Å²) in [7, 11) is 0. The third-order valence-electron chi connectivity index (χ3n) is 7.63. The lowest BCUT2D eigenvalue weighted by Gasteiger charge is -2.60. The van der Waals surface area contributed by atoms with E-state index in [0.717, 1.165) is 31.2 Å². The minimum absolute atomic E-state index is 0.00773. The van der Waals surface area contributed by atoms with E-state index >= 15 is 0 Å². The van der Waals surface area contributed by atoms with Gasteiger partial charge in [-0.3, -0.25) is 9.78 Å². The summed E-state index contributed by atoms with van der Waals surface area (Å²) < 4.78 is 12.7. The highest BCUT2D eigenvalue weighted by atomic mass is 17.3. The Bertz CT molecular complexity index is 776. The van der Waals surface area contributed by atoms with Crippen LogP contribution in [0.25, 0.3) is 0 Å². The van der Waals surface area contributed by atoms with E-state index in [2.05, 4.69) is 24.1 Å². The average Bonchev–Trinajstić information content (AvgIpc) is 2.95. The largest absolute Gasteiger partial charge is 0.350 e. The third kappa shape index (κ3) is 3.02. The fourth-order valence-electron chi connectivity index (χ4n) is 6.00. The molecule has 8 atom stereocenters. The van der Waals surface area contributed by atoms with Crippen LogP contribution in [0.1, 0.15) is 52.0 Å². The van der Waals surface area contributed by atoms with Crippen molar-refractivity contribution >= 4 is 5.91 Å². The fraction of sp³-hybridized carbons (Fsp3) is 0.727. The zero-order valence-corrected chi connectivity index (χ0v) is 17.3. The zero-order valence-electron chi connectivity index (χ0n) is 17.3. The lowest BCUT2D eigenvalue weighted by atomic mass is 9.57. The Morgan fingerprint density at radius 1 is 1.17 bits per heavy atom. The van der Waals surface area contributed by atoms with Gasteiger partial charge in [-0.15, -0.1) is 0 Å². The summed E-state index contributed by atoms with van der Waals surface area (Å²) in [5.74, 6) is 0.0493. The molecule has 0 radical (unpaired) electrons. The standard InChI is InChI=1S/C22H30N2O5/c1-13-4-5-17-14(2)18(19(25)24-12-15-7-10-23-11-8-15)26-20-22(17)16(13)6-9-21(3,27-20)28-29-22/h7-8,10-11,13-14,16-18,20H,4-6,9,12H2,1-3H3,(H,24,25)/t13-,14-,16+,17+,18-,20-,21-,22-/m1/s1. The van der Waals surface area contributed by atoms with Crippen molar-refractivity contribution in [2.45, 2.75) is 76.8 Å². The molecule has 2 bridgehead atoms. The van der Waals surface area contributed by atoms with Crippen molar-refractivity contribution in [1.82, 2.24) is 10.3 Å². The van der Waals surface area contributed by atoms with Crippen LogP contribution in [0.2, 0.25) is 0 Å². The molecule has 1 N–H and O–H groups in total. The van der Waals surface area contributed by atoms with Crippen LogP contribution in [-0.2, 0) is 30.6 Å². The molecule has 1 spiro atoms. The molecule has 7 nitrogen and oxygen atoms in total. The number of nitrogens with zero attached hydrogens (tertiary/aromatic N) is 1. The van der Waals surface area contributed by atoms with Crippen molar-refractivity contribution in [2.24, 2.45) is 23.7 Å². The van der Waals surface area contributed by atoms with E-state index in [1.165, 1.54) is 0 Å². The van der Waals surface area contributed by atoms with E-state index in [9.17, 15) is 4.79 Å². The maximum Gasteiger partial charge on any atom is 0.249 e. The van der Waals surface area contributed by atoms with Gasteiger partial charge in [-0.05, 0) is 61.6 Å². The first-order chi connectivity index (χ1) is 13.9. The minimum Gasteiger partial charge on any atom is -0.350 e. The first-order valence-corrected chi connectivity index (χ1v) is 10.8. The monoisotopic (exact) mass is 402 g/mol. The van der Waals surface area contributed by atoms with E-state index in [1.54, 1.807) is 12.4 Å². The zero-order chi connectivity index (χ0) is 20.2. The molecule has 5 fully saturated rings. The number of amides is 1.